The van der Waals surface area contributed by atoms with Gasteiger partial charge in [0, 0.05) is 25.0 Å². The first-order valence-electron chi connectivity index (χ1n) is 9.12. The van der Waals surface area contributed by atoms with Crippen LogP contribution in [0.5, 0.6) is 11.8 Å². The van der Waals surface area contributed by atoms with Gasteiger partial charge in [-0.1, -0.05) is 35.9 Å². The molecular weight excluding hydrogens is 427 g/mol. The van der Waals surface area contributed by atoms with Crippen LogP contribution >= 0.6 is 23.2 Å². The van der Waals surface area contributed by atoms with E-state index in [0.29, 0.717) is 16.7 Å². The van der Waals surface area contributed by atoms with Crippen LogP contribution in [0.15, 0.2) is 58.1 Å². The average molecular weight is 445 g/mol. The first kappa shape index (κ1) is 20.3. The molecule has 30 heavy (non-hydrogen) atoms. The van der Waals surface area contributed by atoms with E-state index in [4.69, 9.17) is 27.9 Å². The van der Waals surface area contributed by atoms with Crippen molar-refractivity contribution in [1.29, 1.82) is 0 Å². The Labute approximate surface area is 181 Å². The zero-order valence-electron chi connectivity index (χ0n) is 16.3. The maximum Gasteiger partial charge on any atom is 0.332 e. The monoisotopic (exact) mass is 444 g/mol. The third kappa shape index (κ3) is 3.62. The predicted octanol–water partition coefficient (Wildman–Crippen LogP) is 3.67. The molecule has 2 aromatic carbocycles. The smallest absolute Gasteiger partial charge is 0.332 e. The molecule has 0 aliphatic heterocycles. The molecule has 0 amide bonds. The molecule has 2 heterocycles. The second-order valence-electron chi connectivity index (χ2n) is 6.87. The summed E-state index contributed by atoms with van der Waals surface area (Å²) < 4.78 is 10.1. The van der Waals surface area contributed by atoms with Gasteiger partial charge in [-0.05, 0) is 35.4 Å². The Morgan fingerprint density at radius 2 is 1.73 bits per heavy atom. The van der Waals surface area contributed by atoms with Gasteiger partial charge in [-0.3, -0.25) is 18.5 Å². The molecule has 0 aliphatic carbocycles. The lowest BCUT2D eigenvalue weighted by atomic mass is 10.2. The molecule has 0 spiro atoms. The summed E-state index contributed by atoms with van der Waals surface area (Å²) in [6, 6.07) is 14.8. The fraction of sp³-hybridized carbons (Fsp3) is 0.190. The summed E-state index contributed by atoms with van der Waals surface area (Å²) >= 11 is 12.1. The molecule has 4 aromatic rings. The number of halogens is 2. The van der Waals surface area contributed by atoms with Gasteiger partial charge in [-0.2, -0.15) is 4.98 Å². The standard InChI is InChI=1S/C21H18Cl2N4O3/c1-25-18-17(19(28)26(2)21(25)29)27(12-14-6-3-7-15(23)9-14)20(24-18)30-16-8-4-5-13(10-16)11-22/h3-10H,11-12H2,1-2H3. The Morgan fingerprint density at radius 1 is 1.00 bits per heavy atom. The highest BCUT2D eigenvalue weighted by atomic mass is 35.5. The topological polar surface area (TPSA) is 71.1 Å². The minimum Gasteiger partial charge on any atom is -0.425 e. The highest BCUT2D eigenvalue weighted by Crippen LogP contribution is 2.26. The van der Waals surface area contributed by atoms with E-state index in [1.807, 2.05) is 24.3 Å². The van der Waals surface area contributed by atoms with Crippen LogP contribution in [-0.4, -0.2) is 18.7 Å². The SMILES string of the molecule is Cn1c(=O)c2c(nc(Oc3cccc(CCl)c3)n2Cc2cccc(Cl)c2)n(C)c1=O. The molecule has 0 aliphatic rings. The summed E-state index contributed by atoms with van der Waals surface area (Å²) in [4.78, 5) is 29.8. The number of ether oxygens (including phenoxy) is 1. The Kier molecular flexibility index (Phi) is 5.40. The Morgan fingerprint density at radius 3 is 2.47 bits per heavy atom. The minimum absolute atomic E-state index is 0.190. The van der Waals surface area contributed by atoms with E-state index in [1.165, 1.54) is 11.6 Å². The molecule has 0 saturated carbocycles. The molecule has 2 aromatic heterocycles. The lowest BCUT2D eigenvalue weighted by Crippen LogP contribution is -2.37. The number of fused-ring (bicyclic) bond motifs is 1. The zero-order valence-corrected chi connectivity index (χ0v) is 17.8. The van der Waals surface area contributed by atoms with Crippen LogP contribution in [0.4, 0.5) is 0 Å². The fourth-order valence-electron chi connectivity index (χ4n) is 3.27. The van der Waals surface area contributed by atoms with Gasteiger partial charge in [0.2, 0.25) is 0 Å². The van der Waals surface area contributed by atoms with E-state index < -0.39 is 11.2 Å². The first-order valence-corrected chi connectivity index (χ1v) is 10.0. The molecule has 0 bridgehead atoms. The van der Waals surface area contributed by atoms with Crippen LogP contribution in [0.2, 0.25) is 5.02 Å². The van der Waals surface area contributed by atoms with Crippen LogP contribution in [0, 0.1) is 0 Å². The molecule has 0 fully saturated rings. The summed E-state index contributed by atoms with van der Waals surface area (Å²) in [5.74, 6) is 0.864. The summed E-state index contributed by atoms with van der Waals surface area (Å²) in [7, 11) is 3.00. The maximum atomic E-state index is 12.9. The number of rotatable bonds is 5. The van der Waals surface area contributed by atoms with Crippen molar-refractivity contribution in [3.63, 3.8) is 0 Å². The molecule has 0 radical (unpaired) electrons. The van der Waals surface area contributed by atoms with Gasteiger partial charge in [0.15, 0.2) is 11.2 Å². The minimum atomic E-state index is -0.462. The number of aromatic nitrogens is 4. The highest BCUT2D eigenvalue weighted by molar-refractivity contribution is 6.30. The maximum absolute atomic E-state index is 12.9. The third-order valence-electron chi connectivity index (χ3n) is 4.80. The fourth-order valence-corrected chi connectivity index (χ4v) is 3.65. The Balaban J connectivity index is 1.93. The second kappa shape index (κ2) is 8.01. The molecule has 4 rings (SSSR count). The quantitative estimate of drug-likeness (QED) is 0.440. The van der Waals surface area contributed by atoms with Crippen molar-refractivity contribution >= 4 is 34.4 Å². The van der Waals surface area contributed by atoms with E-state index >= 15 is 0 Å². The summed E-state index contributed by atoms with van der Waals surface area (Å²) in [5.41, 5.74) is 1.34. The molecule has 0 atom stereocenters. The van der Waals surface area contributed by atoms with Crippen molar-refractivity contribution in [2.24, 2.45) is 14.1 Å². The zero-order chi connectivity index (χ0) is 21.4. The van der Waals surface area contributed by atoms with Gasteiger partial charge in [0.1, 0.15) is 5.75 Å². The van der Waals surface area contributed by atoms with Crippen LogP contribution in [-0.2, 0) is 26.5 Å². The van der Waals surface area contributed by atoms with E-state index in [9.17, 15) is 9.59 Å². The molecule has 0 unspecified atom stereocenters. The number of nitrogens with zero attached hydrogens (tertiary/aromatic N) is 4. The van der Waals surface area contributed by atoms with Crippen molar-refractivity contribution in [2.75, 3.05) is 0 Å². The van der Waals surface area contributed by atoms with E-state index in [1.54, 1.807) is 35.9 Å². The number of benzene rings is 2. The number of hydrogen-bond donors (Lipinski definition) is 0. The lowest BCUT2D eigenvalue weighted by molar-refractivity contribution is 0.421. The molecule has 0 saturated heterocycles. The molecular formula is C21H18Cl2N4O3. The predicted molar refractivity (Wildman–Crippen MR) is 117 cm³/mol. The van der Waals surface area contributed by atoms with E-state index in [2.05, 4.69) is 4.98 Å². The van der Waals surface area contributed by atoms with Gasteiger partial charge in [-0.15, -0.1) is 11.6 Å². The number of hydrogen-bond acceptors (Lipinski definition) is 4. The van der Waals surface area contributed by atoms with Crippen molar-refractivity contribution in [2.45, 2.75) is 12.4 Å². The first-order chi connectivity index (χ1) is 14.4. The van der Waals surface area contributed by atoms with Gasteiger partial charge >= 0.3 is 11.7 Å². The average Bonchev–Trinajstić information content (AvgIpc) is 3.09. The molecule has 0 N–H and O–H groups in total. The summed E-state index contributed by atoms with van der Waals surface area (Å²) in [5, 5.41) is 0.578. The third-order valence-corrected chi connectivity index (χ3v) is 5.35. The molecule has 154 valence electrons. The van der Waals surface area contributed by atoms with E-state index in [0.717, 1.165) is 15.7 Å². The number of aryl methyl sites for hydroxylation is 1. The Hall–Kier alpha value is -3.03. The van der Waals surface area contributed by atoms with Crippen molar-refractivity contribution < 1.29 is 4.74 Å². The largest absolute Gasteiger partial charge is 0.425 e. The summed E-state index contributed by atoms with van der Waals surface area (Å²) in [6.07, 6.45) is 0. The van der Waals surface area contributed by atoms with Crippen molar-refractivity contribution in [3.05, 3.63) is 85.5 Å². The van der Waals surface area contributed by atoms with E-state index in [-0.39, 0.29) is 23.7 Å². The van der Waals surface area contributed by atoms with Crippen molar-refractivity contribution in [3.8, 4) is 11.8 Å². The summed E-state index contributed by atoms with van der Waals surface area (Å²) in [6.45, 7) is 0.287. The van der Waals surface area contributed by atoms with Gasteiger partial charge in [-0.25, -0.2) is 4.79 Å². The van der Waals surface area contributed by atoms with Crippen molar-refractivity contribution in [1.82, 2.24) is 18.7 Å². The Bertz CT molecular complexity index is 1370. The van der Waals surface area contributed by atoms with Crippen LogP contribution in [0.25, 0.3) is 11.2 Å². The number of imidazole rings is 1. The van der Waals surface area contributed by atoms with Gasteiger partial charge in [0.05, 0.1) is 6.54 Å². The van der Waals surface area contributed by atoms with Gasteiger partial charge in [0.25, 0.3) is 5.56 Å². The lowest BCUT2D eigenvalue weighted by Gasteiger charge is -2.11. The van der Waals surface area contributed by atoms with Gasteiger partial charge < -0.3 is 4.74 Å². The van der Waals surface area contributed by atoms with Crippen LogP contribution in [0.1, 0.15) is 11.1 Å². The number of alkyl halides is 1. The van der Waals surface area contributed by atoms with Crippen LogP contribution in [0.3, 0.4) is 0 Å². The highest BCUT2D eigenvalue weighted by Gasteiger charge is 2.21. The van der Waals surface area contributed by atoms with Crippen LogP contribution < -0.4 is 16.0 Å². The normalized spacial score (nSPS) is 11.2. The second-order valence-corrected chi connectivity index (χ2v) is 7.58. The molecule has 9 heteroatoms. The molecule has 7 nitrogen and oxygen atoms in total.